The molecule has 32 heavy (non-hydrogen) atoms. The van der Waals surface area contributed by atoms with E-state index < -0.39 is 18.1 Å². The van der Waals surface area contributed by atoms with Crippen molar-refractivity contribution >= 4 is 23.7 Å². The van der Waals surface area contributed by atoms with Crippen LogP contribution in [0.2, 0.25) is 5.02 Å². The highest BCUT2D eigenvalue weighted by Crippen LogP contribution is 2.17. The van der Waals surface area contributed by atoms with Crippen LogP contribution in [0.4, 0.5) is 4.79 Å². The molecular formula is C25H24ClNO5. The highest BCUT2D eigenvalue weighted by molar-refractivity contribution is 6.30. The van der Waals surface area contributed by atoms with Crippen molar-refractivity contribution in [2.75, 3.05) is 7.11 Å². The van der Waals surface area contributed by atoms with E-state index in [1.807, 2.05) is 66.7 Å². The van der Waals surface area contributed by atoms with E-state index in [-0.39, 0.29) is 6.61 Å². The SMILES string of the molecule is COC(=O)C(Cc1ccccc1)NC(=O)OCc1ccc(COc2ccc(Cl)cc2)cc1. The molecule has 1 N–H and O–H groups in total. The van der Waals surface area contributed by atoms with Crippen LogP contribution in [0.25, 0.3) is 0 Å². The molecule has 0 radical (unpaired) electrons. The van der Waals surface area contributed by atoms with Gasteiger partial charge in [-0.05, 0) is 41.0 Å². The van der Waals surface area contributed by atoms with Crippen molar-refractivity contribution in [1.29, 1.82) is 0 Å². The number of carbonyl (C=O) groups is 2. The quantitative estimate of drug-likeness (QED) is 0.465. The number of carbonyl (C=O) groups excluding carboxylic acids is 2. The maximum absolute atomic E-state index is 12.2. The van der Waals surface area contributed by atoms with Crippen molar-refractivity contribution in [3.05, 3.63) is 101 Å². The minimum Gasteiger partial charge on any atom is -0.489 e. The first-order chi connectivity index (χ1) is 15.5. The van der Waals surface area contributed by atoms with Crippen LogP contribution >= 0.6 is 11.6 Å². The average Bonchev–Trinajstić information content (AvgIpc) is 2.83. The van der Waals surface area contributed by atoms with Gasteiger partial charge >= 0.3 is 12.1 Å². The predicted octanol–water partition coefficient (Wildman–Crippen LogP) is 4.93. The zero-order valence-electron chi connectivity index (χ0n) is 17.6. The standard InChI is InChI=1S/C25H24ClNO5/c1-30-24(28)23(15-18-5-3-2-4-6-18)27-25(29)32-17-20-9-7-19(8-10-20)16-31-22-13-11-21(26)12-14-22/h2-14,23H,15-17H2,1H3,(H,27,29). The number of amides is 1. The van der Waals surface area contributed by atoms with E-state index in [1.54, 1.807) is 12.1 Å². The van der Waals surface area contributed by atoms with Crippen LogP contribution in [0.5, 0.6) is 5.75 Å². The first-order valence-electron chi connectivity index (χ1n) is 10.0. The van der Waals surface area contributed by atoms with E-state index in [0.29, 0.717) is 18.1 Å². The summed E-state index contributed by atoms with van der Waals surface area (Å²) in [4.78, 5) is 24.3. The molecule has 0 aliphatic carbocycles. The summed E-state index contributed by atoms with van der Waals surface area (Å²) in [7, 11) is 1.28. The second kappa shape index (κ2) is 11.8. The Morgan fingerprint density at radius 3 is 2.09 bits per heavy atom. The van der Waals surface area contributed by atoms with Gasteiger partial charge in [0.05, 0.1) is 7.11 Å². The lowest BCUT2D eigenvalue weighted by molar-refractivity contribution is -0.143. The second-order valence-electron chi connectivity index (χ2n) is 7.05. The summed E-state index contributed by atoms with van der Waals surface area (Å²) in [5.74, 6) is 0.199. The summed E-state index contributed by atoms with van der Waals surface area (Å²) in [5, 5.41) is 3.23. The Morgan fingerprint density at radius 1 is 0.844 bits per heavy atom. The summed E-state index contributed by atoms with van der Waals surface area (Å²) in [6, 6.07) is 23.2. The number of esters is 1. The third kappa shape index (κ3) is 7.32. The van der Waals surface area contributed by atoms with Gasteiger partial charge in [0.15, 0.2) is 0 Å². The third-order valence-corrected chi connectivity index (χ3v) is 4.92. The molecule has 6 nitrogen and oxygen atoms in total. The lowest BCUT2D eigenvalue weighted by Crippen LogP contribution is -2.43. The Kier molecular flexibility index (Phi) is 8.52. The van der Waals surface area contributed by atoms with Gasteiger partial charge in [-0.25, -0.2) is 9.59 Å². The molecule has 3 aromatic rings. The van der Waals surface area contributed by atoms with Gasteiger partial charge in [-0.2, -0.15) is 0 Å². The average molecular weight is 454 g/mol. The van der Waals surface area contributed by atoms with Gasteiger partial charge < -0.3 is 19.5 Å². The number of alkyl carbamates (subject to hydrolysis) is 1. The number of benzene rings is 3. The van der Waals surface area contributed by atoms with E-state index >= 15 is 0 Å². The van der Waals surface area contributed by atoms with Crippen LogP contribution in [0.3, 0.4) is 0 Å². The molecular weight excluding hydrogens is 430 g/mol. The zero-order chi connectivity index (χ0) is 22.8. The molecule has 0 aliphatic rings. The Hall–Kier alpha value is -3.51. The molecule has 0 saturated carbocycles. The van der Waals surface area contributed by atoms with Crippen molar-refractivity contribution in [3.8, 4) is 5.75 Å². The van der Waals surface area contributed by atoms with Crippen molar-refractivity contribution < 1.29 is 23.8 Å². The number of ether oxygens (including phenoxy) is 3. The summed E-state index contributed by atoms with van der Waals surface area (Å²) < 4.78 is 15.8. The molecule has 0 aromatic heterocycles. The molecule has 0 heterocycles. The van der Waals surface area contributed by atoms with Crippen LogP contribution in [-0.2, 0) is 33.9 Å². The van der Waals surface area contributed by atoms with Crippen molar-refractivity contribution in [2.24, 2.45) is 0 Å². The van der Waals surface area contributed by atoms with Crippen molar-refractivity contribution in [3.63, 3.8) is 0 Å². The molecule has 166 valence electrons. The van der Waals surface area contributed by atoms with Gasteiger partial charge in [0.1, 0.15) is 25.0 Å². The molecule has 0 spiro atoms. The highest BCUT2D eigenvalue weighted by atomic mass is 35.5. The molecule has 1 unspecified atom stereocenters. The molecule has 0 bridgehead atoms. The first kappa shape index (κ1) is 23.2. The topological polar surface area (TPSA) is 73.9 Å². The van der Waals surface area contributed by atoms with Crippen LogP contribution in [0.1, 0.15) is 16.7 Å². The summed E-state index contributed by atoms with van der Waals surface area (Å²) in [5.41, 5.74) is 2.69. The molecule has 0 aliphatic heterocycles. The Labute approximate surface area is 192 Å². The van der Waals surface area contributed by atoms with Crippen molar-refractivity contribution in [1.82, 2.24) is 5.32 Å². The van der Waals surface area contributed by atoms with Crippen LogP contribution < -0.4 is 10.1 Å². The van der Waals surface area contributed by atoms with Crippen LogP contribution in [0, 0.1) is 0 Å². The van der Waals surface area contributed by atoms with Crippen LogP contribution in [0.15, 0.2) is 78.9 Å². The minimum absolute atomic E-state index is 0.0728. The summed E-state index contributed by atoms with van der Waals surface area (Å²) in [6.45, 7) is 0.479. The van der Waals surface area contributed by atoms with E-state index in [0.717, 1.165) is 22.4 Å². The predicted molar refractivity (Wildman–Crippen MR) is 121 cm³/mol. The zero-order valence-corrected chi connectivity index (χ0v) is 18.4. The van der Waals surface area contributed by atoms with E-state index in [4.69, 9.17) is 25.8 Å². The van der Waals surface area contributed by atoms with Gasteiger partial charge in [0, 0.05) is 11.4 Å². The van der Waals surface area contributed by atoms with E-state index in [2.05, 4.69) is 5.32 Å². The van der Waals surface area contributed by atoms with Gasteiger partial charge in [0.25, 0.3) is 0 Å². The smallest absolute Gasteiger partial charge is 0.408 e. The maximum atomic E-state index is 12.2. The van der Waals surface area contributed by atoms with Gasteiger partial charge in [-0.3, -0.25) is 0 Å². The Bertz CT molecular complexity index is 1010. The van der Waals surface area contributed by atoms with E-state index in [9.17, 15) is 9.59 Å². The third-order valence-electron chi connectivity index (χ3n) is 4.67. The van der Waals surface area contributed by atoms with Crippen molar-refractivity contribution in [2.45, 2.75) is 25.7 Å². The molecule has 1 atom stereocenters. The van der Waals surface area contributed by atoms with Gasteiger partial charge in [0.2, 0.25) is 0 Å². The Balaban J connectivity index is 1.47. The fraction of sp³-hybridized carbons (Fsp3) is 0.200. The second-order valence-corrected chi connectivity index (χ2v) is 7.48. The number of hydrogen-bond donors (Lipinski definition) is 1. The molecule has 0 fully saturated rings. The summed E-state index contributed by atoms with van der Waals surface area (Å²) >= 11 is 5.87. The molecule has 0 saturated heterocycles. The molecule has 1 amide bonds. The molecule has 3 aromatic carbocycles. The monoisotopic (exact) mass is 453 g/mol. The molecule has 7 heteroatoms. The minimum atomic E-state index is -0.831. The first-order valence-corrected chi connectivity index (χ1v) is 10.4. The normalized spacial score (nSPS) is 11.3. The van der Waals surface area contributed by atoms with Crippen LogP contribution in [-0.4, -0.2) is 25.2 Å². The lowest BCUT2D eigenvalue weighted by atomic mass is 10.1. The fourth-order valence-electron chi connectivity index (χ4n) is 2.95. The Morgan fingerprint density at radius 2 is 1.47 bits per heavy atom. The van der Waals surface area contributed by atoms with E-state index in [1.165, 1.54) is 7.11 Å². The van der Waals surface area contributed by atoms with Gasteiger partial charge in [-0.15, -0.1) is 0 Å². The fourth-order valence-corrected chi connectivity index (χ4v) is 3.07. The number of methoxy groups -OCH3 is 1. The highest BCUT2D eigenvalue weighted by Gasteiger charge is 2.22. The number of rotatable bonds is 9. The maximum Gasteiger partial charge on any atom is 0.408 e. The number of nitrogens with one attached hydrogen (secondary N) is 1. The van der Waals surface area contributed by atoms with Gasteiger partial charge in [-0.1, -0.05) is 66.2 Å². The number of halogens is 1. The largest absolute Gasteiger partial charge is 0.489 e. The summed E-state index contributed by atoms with van der Waals surface area (Å²) in [6.07, 6.45) is -0.378. The lowest BCUT2D eigenvalue weighted by Gasteiger charge is -2.16. The number of hydrogen-bond acceptors (Lipinski definition) is 5. The molecule has 3 rings (SSSR count).